The maximum atomic E-state index is 12.6. The van der Waals surface area contributed by atoms with Crippen LogP contribution in [0.4, 0.5) is 5.82 Å². The minimum absolute atomic E-state index is 0.113. The summed E-state index contributed by atoms with van der Waals surface area (Å²) in [5.41, 5.74) is 4.73. The number of ether oxygens (including phenoxy) is 2. The first kappa shape index (κ1) is 26.0. The topological polar surface area (TPSA) is 145 Å². The monoisotopic (exact) mass is 483 g/mol. The van der Waals surface area contributed by atoms with Gasteiger partial charge in [-0.05, 0) is 34.6 Å². The number of nitrogen functional groups attached to an aromatic ring is 1. The summed E-state index contributed by atoms with van der Waals surface area (Å²) in [7, 11) is -1.58. The highest BCUT2D eigenvalue weighted by molar-refractivity contribution is 7.44. The number of hydrogen-bond donors (Lipinski definition) is 2. The van der Waals surface area contributed by atoms with Crippen molar-refractivity contribution in [3.05, 3.63) is 22.2 Å². The van der Waals surface area contributed by atoms with Crippen LogP contribution < -0.4 is 11.4 Å². The Morgan fingerprint density at radius 3 is 2.76 bits per heavy atom. The van der Waals surface area contributed by atoms with E-state index in [4.69, 9.17) is 29.5 Å². The fourth-order valence-corrected chi connectivity index (χ4v) is 6.20. The molecule has 1 aromatic rings. The van der Waals surface area contributed by atoms with Gasteiger partial charge in [-0.25, -0.2) is 9.46 Å². The standard InChI is InChI=1S/C21H34N5O6P/c1-13(2)26(14(3)4)33(30-8-6-7-22)32-17-16-10-29-12-21(17,11-27)31-19(16)25-9-15(5)18(23)24-20(25)28/h9,13-14,16-17,19,27H,6,8,10-12H2,1-5H3,(H2,23,24,28)/t16?,17-,19-,21+,33?/m1/s1. The SMILES string of the molecule is Cc1cn([C@@H]2O[C@@]3(CO)COCC2[C@H]3OP(OCCC#N)N(C(C)C)C(C)C)c(=O)nc1N. The van der Waals surface area contributed by atoms with Crippen molar-refractivity contribution in [1.82, 2.24) is 14.2 Å². The summed E-state index contributed by atoms with van der Waals surface area (Å²) in [4.78, 5) is 16.5. The van der Waals surface area contributed by atoms with Crippen molar-refractivity contribution >= 4 is 14.3 Å². The van der Waals surface area contributed by atoms with Crippen LogP contribution in [-0.4, -0.2) is 69.5 Å². The number of fused-ring (bicyclic) bond motifs is 2. The zero-order valence-electron chi connectivity index (χ0n) is 19.8. The second kappa shape index (κ2) is 10.7. The van der Waals surface area contributed by atoms with Gasteiger partial charge in [0, 0.05) is 23.8 Å². The maximum absolute atomic E-state index is 12.6. The van der Waals surface area contributed by atoms with Crippen molar-refractivity contribution < 1.29 is 23.6 Å². The lowest BCUT2D eigenvalue weighted by molar-refractivity contribution is -0.159. The molecule has 2 aliphatic rings. The van der Waals surface area contributed by atoms with E-state index < -0.39 is 32.1 Å². The molecular formula is C21H34N5O6P. The largest absolute Gasteiger partial charge is 0.393 e. The zero-order valence-corrected chi connectivity index (χ0v) is 20.7. The van der Waals surface area contributed by atoms with Gasteiger partial charge in [0.05, 0.1) is 44.8 Å². The highest BCUT2D eigenvalue weighted by atomic mass is 31.2. The number of nitriles is 1. The van der Waals surface area contributed by atoms with Gasteiger partial charge in [-0.3, -0.25) is 4.57 Å². The summed E-state index contributed by atoms with van der Waals surface area (Å²) in [6.45, 7) is 10.2. The molecule has 0 amide bonds. The molecule has 0 saturated carbocycles. The van der Waals surface area contributed by atoms with E-state index in [2.05, 4.69) is 43.4 Å². The van der Waals surface area contributed by atoms with Crippen molar-refractivity contribution in [3.63, 3.8) is 0 Å². The lowest BCUT2D eigenvalue weighted by atomic mass is 9.89. The second-order valence-corrected chi connectivity index (χ2v) is 10.4. The van der Waals surface area contributed by atoms with Gasteiger partial charge in [-0.1, -0.05) is 0 Å². The Hall–Kier alpha value is -1.64. The average molecular weight is 484 g/mol. The van der Waals surface area contributed by atoms with Gasteiger partial charge in [0.2, 0.25) is 0 Å². The van der Waals surface area contributed by atoms with Crippen molar-refractivity contribution in [3.8, 4) is 6.07 Å². The van der Waals surface area contributed by atoms with E-state index in [9.17, 15) is 9.90 Å². The zero-order chi connectivity index (χ0) is 24.3. The van der Waals surface area contributed by atoms with Crippen LogP contribution >= 0.6 is 8.53 Å². The molecule has 33 heavy (non-hydrogen) atoms. The molecule has 3 rings (SSSR count). The van der Waals surface area contributed by atoms with Crippen LogP contribution in [0.5, 0.6) is 0 Å². The molecule has 2 aliphatic heterocycles. The average Bonchev–Trinajstić information content (AvgIpc) is 2.91. The molecule has 0 radical (unpaired) electrons. The van der Waals surface area contributed by atoms with Crippen LogP contribution in [-0.2, 0) is 18.5 Å². The second-order valence-electron chi connectivity index (χ2n) is 8.98. The highest BCUT2D eigenvalue weighted by Crippen LogP contribution is 2.55. The first-order valence-electron chi connectivity index (χ1n) is 11.1. The van der Waals surface area contributed by atoms with E-state index >= 15 is 0 Å². The summed E-state index contributed by atoms with van der Waals surface area (Å²) in [5, 5.41) is 19.3. The number of anilines is 1. The summed E-state index contributed by atoms with van der Waals surface area (Å²) in [5.74, 6) is -0.226. The van der Waals surface area contributed by atoms with Crippen LogP contribution in [0.1, 0.15) is 45.9 Å². The number of aryl methyl sites for hydroxylation is 1. The summed E-state index contributed by atoms with van der Waals surface area (Å²) in [6, 6.07) is 2.32. The first-order chi connectivity index (χ1) is 15.6. The Labute approximate surface area is 195 Å². The van der Waals surface area contributed by atoms with Gasteiger partial charge in [0.25, 0.3) is 8.53 Å². The third-order valence-corrected chi connectivity index (χ3v) is 7.98. The van der Waals surface area contributed by atoms with Crippen molar-refractivity contribution in [1.29, 1.82) is 5.26 Å². The Balaban J connectivity index is 1.96. The van der Waals surface area contributed by atoms with E-state index in [0.717, 1.165) is 0 Å². The van der Waals surface area contributed by atoms with Crippen LogP contribution in [0, 0.1) is 24.2 Å². The van der Waals surface area contributed by atoms with Crippen LogP contribution in [0.15, 0.2) is 11.0 Å². The summed E-state index contributed by atoms with van der Waals surface area (Å²) < 4.78 is 28.2. The molecule has 1 aromatic heterocycles. The molecule has 11 nitrogen and oxygen atoms in total. The van der Waals surface area contributed by atoms with E-state index in [1.54, 1.807) is 13.1 Å². The van der Waals surface area contributed by atoms with Crippen molar-refractivity contribution in [2.24, 2.45) is 5.92 Å². The van der Waals surface area contributed by atoms with Gasteiger partial charge < -0.3 is 29.4 Å². The van der Waals surface area contributed by atoms with Crippen molar-refractivity contribution in [2.45, 2.75) is 71.1 Å². The number of rotatable bonds is 10. The molecule has 0 spiro atoms. The minimum atomic E-state index is -1.58. The molecular weight excluding hydrogens is 449 g/mol. The fourth-order valence-electron chi connectivity index (χ4n) is 4.35. The fraction of sp³-hybridized carbons (Fsp3) is 0.762. The molecule has 2 saturated heterocycles. The Morgan fingerprint density at radius 1 is 1.45 bits per heavy atom. The number of hydrogen-bond acceptors (Lipinski definition) is 10. The van der Waals surface area contributed by atoms with Gasteiger partial charge in [0.1, 0.15) is 23.8 Å². The quantitative estimate of drug-likeness (QED) is 0.372. The number of nitrogens with two attached hydrogens (primary N) is 1. The van der Waals surface area contributed by atoms with Gasteiger partial charge >= 0.3 is 5.69 Å². The number of aliphatic hydroxyl groups is 1. The molecule has 12 heteroatoms. The molecule has 2 unspecified atom stereocenters. The van der Waals surface area contributed by atoms with Gasteiger partial charge in [-0.2, -0.15) is 10.2 Å². The highest BCUT2D eigenvalue weighted by Gasteiger charge is 2.61. The smallest absolute Gasteiger partial charge is 0.351 e. The summed E-state index contributed by atoms with van der Waals surface area (Å²) >= 11 is 0. The molecule has 0 aromatic carbocycles. The maximum Gasteiger partial charge on any atom is 0.351 e. The number of nitrogens with zero attached hydrogens (tertiary/aromatic N) is 4. The van der Waals surface area contributed by atoms with E-state index in [1.165, 1.54) is 4.57 Å². The lowest BCUT2D eigenvalue weighted by Crippen LogP contribution is -2.54. The van der Waals surface area contributed by atoms with Gasteiger partial charge in [0.15, 0.2) is 0 Å². The molecule has 0 aliphatic carbocycles. The molecule has 2 fully saturated rings. The predicted octanol–water partition coefficient (Wildman–Crippen LogP) is 1.70. The molecule has 3 heterocycles. The van der Waals surface area contributed by atoms with E-state index in [1.807, 2.05) is 0 Å². The lowest BCUT2D eigenvalue weighted by Gasteiger charge is -2.42. The number of aromatic nitrogens is 2. The molecule has 3 N–H and O–H groups in total. The molecule has 5 atom stereocenters. The third-order valence-electron chi connectivity index (χ3n) is 5.87. The third kappa shape index (κ3) is 5.23. The molecule has 184 valence electrons. The Kier molecular flexibility index (Phi) is 8.45. The minimum Gasteiger partial charge on any atom is -0.393 e. The van der Waals surface area contributed by atoms with E-state index in [-0.39, 0.29) is 56.7 Å². The predicted molar refractivity (Wildman–Crippen MR) is 122 cm³/mol. The summed E-state index contributed by atoms with van der Waals surface area (Å²) in [6.07, 6.45) is 0.504. The Morgan fingerprint density at radius 2 is 2.15 bits per heavy atom. The van der Waals surface area contributed by atoms with Gasteiger partial charge in [-0.15, -0.1) is 0 Å². The first-order valence-corrected chi connectivity index (χ1v) is 12.2. The van der Waals surface area contributed by atoms with Crippen LogP contribution in [0.3, 0.4) is 0 Å². The van der Waals surface area contributed by atoms with E-state index in [0.29, 0.717) is 5.56 Å². The Bertz CT molecular complexity index is 913. The molecule has 2 bridgehead atoms. The number of aliphatic hydroxyl groups excluding tert-OH is 1. The van der Waals surface area contributed by atoms with Crippen molar-refractivity contribution in [2.75, 3.05) is 32.2 Å². The van der Waals surface area contributed by atoms with Crippen LogP contribution in [0.2, 0.25) is 0 Å². The van der Waals surface area contributed by atoms with Crippen LogP contribution in [0.25, 0.3) is 0 Å². The normalized spacial score (nSPS) is 27.9.